The summed E-state index contributed by atoms with van der Waals surface area (Å²) >= 11 is 0. The van der Waals surface area contributed by atoms with Crippen LogP contribution in [-0.4, -0.2) is 37.3 Å². The Bertz CT molecular complexity index is 986. The van der Waals surface area contributed by atoms with Gasteiger partial charge in [0.2, 0.25) is 6.79 Å². The Balaban J connectivity index is 1.54. The number of ether oxygens (including phenoxy) is 4. The predicted molar refractivity (Wildman–Crippen MR) is 101 cm³/mol. The molecule has 3 rings (SSSR count). The minimum atomic E-state index is -0.748. The van der Waals surface area contributed by atoms with E-state index >= 15 is 0 Å². The lowest BCUT2D eigenvalue weighted by atomic mass is 10.2. The number of nitro groups is 1. The average molecular weight is 400 g/mol. The number of hydrogen-bond acceptors (Lipinski definition) is 8. The highest BCUT2D eigenvalue weighted by Crippen LogP contribution is 2.32. The number of nitrogens with zero attached hydrogens (tertiary/aromatic N) is 1. The average Bonchev–Trinajstić information content (AvgIpc) is 3.18. The van der Waals surface area contributed by atoms with E-state index in [0.717, 1.165) is 6.08 Å². The highest BCUT2D eigenvalue weighted by molar-refractivity contribution is 5.96. The van der Waals surface area contributed by atoms with Crippen molar-refractivity contribution in [1.29, 1.82) is 0 Å². The third-order valence-electron chi connectivity index (χ3n) is 3.83. The van der Waals surface area contributed by atoms with E-state index in [1.165, 1.54) is 31.4 Å². The smallest absolute Gasteiger partial charge is 0.331 e. The molecule has 0 fully saturated rings. The van der Waals surface area contributed by atoms with Gasteiger partial charge < -0.3 is 24.3 Å². The van der Waals surface area contributed by atoms with Crippen molar-refractivity contribution in [2.75, 3.05) is 25.8 Å². The Labute approximate surface area is 164 Å². The van der Waals surface area contributed by atoms with Crippen LogP contribution in [0.5, 0.6) is 17.2 Å². The van der Waals surface area contributed by atoms with Gasteiger partial charge in [0.25, 0.3) is 11.6 Å². The lowest BCUT2D eigenvalue weighted by Gasteiger charge is -2.07. The summed E-state index contributed by atoms with van der Waals surface area (Å²) in [7, 11) is 1.37. The number of carbonyl (C=O) groups excluding carboxylic acids is 2. The Morgan fingerprint density at radius 1 is 1.21 bits per heavy atom. The first-order valence-corrected chi connectivity index (χ1v) is 8.33. The summed E-state index contributed by atoms with van der Waals surface area (Å²) in [5, 5.41) is 13.4. The van der Waals surface area contributed by atoms with Crippen molar-refractivity contribution in [3.63, 3.8) is 0 Å². The van der Waals surface area contributed by atoms with Gasteiger partial charge in [-0.1, -0.05) is 6.07 Å². The maximum absolute atomic E-state index is 12.0. The molecule has 0 saturated heterocycles. The second-order valence-electron chi connectivity index (χ2n) is 5.74. The zero-order valence-electron chi connectivity index (χ0n) is 15.2. The van der Waals surface area contributed by atoms with Crippen molar-refractivity contribution in [2.24, 2.45) is 0 Å². The summed E-state index contributed by atoms with van der Waals surface area (Å²) in [5.74, 6) is -0.00470. The first-order chi connectivity index (χ1) is 14.0. The van der Waals surface area contributed by atoms with Crippen LogP contribution >= 0.6 is 0 Å². The standard InChI is InChI=1S/C19H16N2O8/c1-26-13-4-5-14(15(9-13)21(24)25)20-18(22)10-27-19(23)7-3-12-2-6-16-17(8-12)29-11-28-16/h2-9H,10-11H2,1H3,(H,20,22)/b7-3+. The van der Waals surface area contributed by atoms with Crippen molar-refractivity contribution in [3.05, 3.63) is 58.2 Å². The second kappa shape index (κ2) is 8.74. The fraction of sp³-hybridized carbons (Fsp3) is 0.158. The molecule has 10 nitrogen and oxygen atoms in total. The molecule has 2 aromatic carbocycles. The van der Waals surface area contributed by atoms with E-state index in [0.29, 0.717) is 17.1 Å². The number of nitro benzene ring substituents is 1. The number of anilines is 1. The molecule has 0 radical (unpaired) electrons. The number of rotatable bonds is 7. The van der Waals surface area contributed by atoms with Crippen molar-refractivity contribution in [2.45, 2.75) is 0 Å². The Kier molecular flexibility index (Phi) is 5.93. The molecular weight excluding hydrogens is 384 g/mol. The van der Waals surface area contributed by atoms with Crippen LogP contribution < -0.4 is 19.5 Å². The molecule has 150 valence electrons. The number of methoxy groups -OCH3 is 1. The Morgan fingerprint density at radius 2 is 2.00 bits per heavy atom. The Morgan fingerprint density at radius 3 is 2.76 bits per heavy atom. The zero-order chi connectivity index (χ0) is 20.8. The fourth-order valence-electron chi connectivity index (χ4n) is 2.45. The van der Waals surface area contributed by atoms with E-state index in [2.05, 4.69) is 5.32 Å². The van der Waals surface area contributed by atoms with E-state index in [1.807, 2.05) is 0 Å². The van der Waals surface area contributed by atoms with E-state index < -0.39 is 23.4 Å². The van der Waals surface area contributed by atoms with Gasteiger partial charge in [-0.25, -0.2) is 4.79 Å². The first-order valence-electron chi connectivity index (χ1n) is 8.33. The SMILES string of the molecule is COc1ccc(NC(=O)COC(=O)/C=C/c2ccc3c(c2)OCO3)c([N+](=O)[O-])c1. The van der Waals surface area contributed by atoms with Crippen LogP contribution in [0.3, 0.4) is 0 Å². The molecule has 0 aromatic heterocycles. The monoisotopic (exact) mass is 400 g/mol. The van der Waals surface area contributed by atoms with Crippen LogP contribution in [0.2, 0.25) is 0 Å². The quantitative estimate of drug-likeness (QED) is 0.325. The molecule has 1 N–H and O–H groups in total. The van der Waals surface area contributed by atoms with Gasteiger partial charge >= 0.3 is 5.97 Å². The number of nitrogens with one attached hydrogen (secondary N) is 1. The van der Waals surface area contributed by atoms with Gasteiger partial charge in [-0.2, -0.15) is 0 Å². The maximum Gasteiger partial charge on any atom is 0.331 e. The number of carbonyl (C=O) groups is 2. The number of fused-ring (bicyclic) bond motifs is 1. The molecule has 0 unspecified atom stereocenters. The summed E-state index contributed by atoms with van der Waals surface area (Å²) in [4.78, 5) is 34.2. The van der Waals surface area contributed by atoms with Gasteiger partial charge in [-0.15, -0.1) is 0 Å². The van der Waals surface area contributed by atoms with Crippen LogP contribution in [0.15, 0.2) is 42.5 Å². The fourth-order valence-corrected chi connectivity index (χ4v) is 2.45. The van der Waals surface area contributed by atoms with Crippen molar-refractivity contribution < 1.29 is 33.5 Å². The minimum Gasteiger partial charge on any atom is -0.496 e. The molecule has 0 spiro atoms. The van der Waals surface area contributed by atoms with Gasteiger partial charge in [0.1, 0.15) is 11.4 Å². The van der Waals surface area contributed by atoms with E-state index in [1.54, 1.807) is 18.2 Å². The summed E-state index contributed by atoms with van der Waals surface area (Å²) in [6, 6.07) is 9.10. The molecule has 0 aliphatic carbocycles. The lowest BCUT2D eigenvalue weighted by molar-refractivity contribution is -0.384. The van der Waals surface area contributed by atoms with Gasteiger partial charge in [0.05, 0.1) is 18.1 Å². The van der Waals surface area contributed by atoms with E-state index in [9.17, 15) is 19.7 Å². The lowest BCUT2D eigenvalue weighted by Crippen LogP contribution is -2.20. The molecule has 1 aliphatic heterocycles. The molecule has 1 amide bonds. The van der Waals surface area contributed by atoms with E-state index in [4.69, 9.17) is 18.9 Å². The van der Waals surface area contributed by atoms with Gasteiger partial charge in [-0.3, -0.25) is 14.9 Å². The number of amides is 1. The van der Waals surface area contributed by atoms with Crippen LogP contribution in [0.1, 0.15) is 5.56 Å². The molecule has 0 saturated carbocycles. The second-order valence-corrected chi connectivity index (χ2v) is 5.74. The topological polar surface area (TPSA) is 126 Å². The number of esters is 1. The number of hydrogen-bond donors (Lipinski definition) is 1. The minimum absolute atomic E-state index is 0.0345. The molecule has 10 heteroatoms. The third-order valence-corrected chi connectivity index (χ3v) is 3.83. The summed E-state index contributed by atoms with van der Waals surface area (Å²) in [6.45, 7) is -0.459. The summed E-state index contributed by atoms with van der Waals surface area (Å²) in [6.07, 6.45) is 2.65. The molecule has 0 atom stereocenters. The third kappa shape index (κ3) is 5.01. The normalized spacial score (nSPS) is 11.9. The van der Waals surface area contributed by atoms with Crippen LogP contribution in [0.25, 0.3) is 6.08 Å². The summed E-state index contributed by atoms with van der Waals surface area (Å²) < 4.78 is 20.2. The van der Waals surface area contributed by atoms with E-state index in [-0.39, 0.29) is 23.9 Å². The van der Waals surface area contributed by atoms with Crippen LogP contribution in [0.4, 0.5) is 11.4 Å². The highest BCUT2D eigenvalue weighted by Gasteiger charge is 2.18. The largest absolute Gasteiger partial charge is 0.496 e. The molecule has 1 heterocycles. The van der Waals surface area contributed by atoms with Crippen molar-refractivity contribution in [1.82, 2.24) is 0 Å². The molecule has 0 bridgehead atoms. The molecule has 29 heavy (non-hydrogen) atoms. The van der Waals surface area contributed by atoms with Crippen LogP contribution in [0, 0.1) is 10.1 Å². The van der Waals surface area contributed by atoms with Crippen molar-refractivity contribution >= 4 is 29.3 Å². The van der Waals surface area contributed by atoms with Gasteiger partial charge in [0.15, 0.2) is 18.1 Å². The molecule has 2 aromatic rings. The van der Waals surface area contributed by atoms with Gasteiger partial charge in [0, 0.05) is 6.08 Å². The predicted octanol–water partition coefficient (Wildman–Crippen LogP) is 2.53. The molecular formula is C19H16N2O8. The zero-order valence-corrected chi connectivity index (χ0v) is 15.2. The summed E-state index contributed by atoms with van der Waals surface area (Å²) in [5.41, 5.74) is 0.309. The van der Waals surface area contributed by atoms with Gasteiger partial charge in [-0.05, 0) is 35.9 Å². The molecule has 1 aliphatic rings. The van der Waals surface area contributed by atoms with Crippen LogP contribution in [-0.2, 0) is 14.3 Å². The number of benzene rings is 2. The Hall–Kier alpha value is -4.08. The maximum atomic E-state index is 12.0. The van der Waals surface area contributed by atoms with Crippen molar-refractivity contribution in [3.8, 4) is 17.2 Å². The highest BCUT2D eigenvalue weighted by atomic mass is 16.7. The first kappa shape index (κ1) is 19.7.